The lowest BCUT2D eigenvalue weighted by molar-refractivity contribution is -0.404. The molecule has 0 spiro atoms. The van der Waals surface area contributed by atoms with Gasteiger partial charge in [-0.15, -0.1) is 0 Å². The molecule has 0 radical (unpaired) electrons. The molecular formula is C10H13ClN4O2. The minimum atomic E-state index is -0.511. The zero-order chi connectivity index (χ0) is 12.7. The van der Waals surface area contributed by atoms with E-state index in [0.29, 0.717) is 23.9 Å². The highest BCUT2D eigenvalue weighted by molar-refractivity contribution is 6.29. The van der Waals surface area contributed by atoms with Gasteiger partial charge in [0.05, 0.1) is 4.92 Å². The van der Waals surface area contributed by atoms with Crippen LogP contribution in [0, 0.1) is 10.1 Å². The molecule has 0 aliphatic carbocycles. The van der Waals surface area contributed by atoms with Gasteiger partial charge in [-0.1, -0.05) is 17.7 Å². The normalized spacial score (nSPS) is 11.1. The fraction of sp³-hybridized carbons (Fsp3) is 0.300. The van der Waals surface area contributed by atoms with E-state index in [-0.39, 0.29) is 0 Å². The molecule has 0 aromatic carbocycles. The summed E-state index contributed by atoms with van der Waals surface area (Å²) in [6, 6.07) is 3.58. The first-order valence-corrected chi connectivity index (χ1v) is 5.37. The zero-order valence-electron chi connectivity index (χ0n) is 9.31. The van der Waals surface area contributed by atoms with Crippen molar-refractivity contribution in [3.05, 3.63) is 51.2 Å². The summed E-state index contributed by atoms with van der Waals surface area (Å²) < 4.78 is 0. The standard InChI is InChI=1S/C10H13ClN4O2/c1-12-10(7-15(16)17)13-5-4-8-2-3-9(11)14-6-8/h2-3,6-7,12-13H,4-5H2,1H3. The largest absolute Gasteiger partial charge is 0.370 e. The van der Waals surface area contributed by atoms with Gasteiger partial charge in [0.2, 0.25) is 0 Å². The van der Waals surface area contributed by atoms with Gasteiger partial charge in [-0.3, -0.25) is 10.1 Å². The molecule has 0 saturated carbocycles. The zero-order valence-corrected chi connectivity index (χ0v) is 10.1. The number of nitrogens with zero attached hydrogens (tertiary/aromatic N) is 2. The number of hydrogen-bond donors (Lipinski definition) is 2. The molecule has 1 heterocycles. The quantitative estimate of drug-likeness (QED) is 0.454. The number of nitrogens with one attached hydrogen (secondary N) is 2. The first-order chi connectivity index (χ1) is 8.11. The summed E-state index contributed by atoms with van der Waals surface area (Å²) >= 11 is 5.66. The molecule has 0 atom stereocenters. The van der Waals surface area contributed by atoms with Crippen LogP contribution in [0.3, 0.4) is 0 Å². The summed E-state index contributed by atoms with van der Waals surface area (Å²) in [5, 5.41) is 16.3. The predicted molar refractivity (Wildman–Crippen MR) is 65.1 cm³/mol. The van der Waals surface area contributed by atoms with Gasteiger partial charge in [-0.05, 0) is 18.1 Å². The summed E-state index contributed by atoms with van der Waals surface area (Å²) in [6.07, 6.45) is 3.28. The predicted octanol–water partition coefficient (Wildman–Crippen LogP) is 1.16. The van der Waals surface area contributed by atoms with Crippen LogP contribution in [0.25, 0.3) is 0 Å². The Balaban J connectivity index is 2.41. The van der Waals surface area contributed by atoms with Gasteiger partial charge in [-0.25, -0.2) is 4.98 Å². The Morgan fingerprint density at radius 3 is 2.94 bits per heavy atom. The van der Waals surface area contributed by atoms with Gasteiger partial charge in [0.15, 0.2) is 5.82 Å². The Morgan fingerprint density at radius 2 is 2.41 bits per heavy atom. The van der Waals surface area contributed by atoms with Crippen LogP contribution in [0.15, 0.2) is 30.4 Å². The van der Waals surface area contributed by atoms with Crippen molar-refractivity contribution in [1.29, 1.82) is 0 Å². The Kier molecular flexibility index (Phi) is 5.22. The van der Waals surface area contributed by atoms with Crippen molar-refractivity contribution in [3.63, 3.8) is 0 Å². The number of hydrogen-bond acceptors (Lipinski definition) is 5. The average Bonchev–Trinajstić information content (AvgIpc) is 2.30. The van der Waals surface area contributed by atoms with Crippen LogP contribution in [-0.2, 0) is 6.42 Å². The second-order valence-corrected chi connectivity index (χ2v) is 3.63. The second kappa shape index (κ2) is 6.70. The summed E-state index contributed by atoms with van der Waals surface area (Å²) in [5.41, 5.74) is 1.01. The lowest BCUT2D eigenvalue weighted by atomic mass is 10.2. The molecular weight excluding hydrogens is 244 g/mol. The van der Waals surface area contributed by atoms with Gasteiger partial charge in [0.1, 0.15) is 5.15 Å². The van der Waals surface area contributed by atoms with Gasteiger partial charge in [-0.2, -0.15) is 0 Å². The lowest BCUT2D eigenvalue weighted by Crippen LogP contribution is -2.26. The van der Waals surface area contributed by atoms with E-state index in [4.69, 9.17) is 11.6 Å². The maximum atomic E-state index is 10.3. The van der Waals surface area contributed by atoms with Gasteiger partial charge in [0.25, 0.3) is 6.20 Å². The van der Waals surface area contributed by atoms with E-state index in [1.54, 1.807) is 19.3 Å². The summed E-state index contributed by atoms with van der Waals surface area (Å²) in [4.78, 5) is 13.7. The van der Waals surface area contributed by atoms with Crippen molar-refractivity contribution in [2.24, 2.45) is 0 Å². The fourth-order valence-corrected chi connectivity index (χ4v) is 1.31. The molecule has 0 bridgehead atoms. The minimum absolute atomic E-state index is 0.372. The average molecular weight is 257 g/mol. The van der Waals surface area contributed by atoms with Gasteiger partial charge < -0.3 is 10.6 Å². The molecule has 2 N–H and O–H groups in total. The number of pyridine rings is 1. The SMILES string of the molecule is CNC(=C[N+](=O)[O-])NCCc1ccc(Cl)nc1. The summed E-state index contributed by atoms with van der Waals surface area (Å²) in [5.74, 6) is 0.372. The molecule has 6 nitrogen and oxygen atoms in total. The van der Waals surface area contributed by atoms with Crippen molar-refractivity contribution in [1.82, 2.24) is 15.6 Å². The molecule has 0 unspecified atom stereocenters. The van der Waals surface area contributed by atoms with Crippen LogP contribution in [0.1, 0.15) is 5.56 Å². The van der Waals surface area contributed by atoms with Crippen molar-refractivity contribution in [3.8, 4) is 0 Å². The van der Waals surface area contributed by atoms with Crippen LogP contribution in [0.2, 0.25) is 5.15 Å². The Labute approximate surface area is 104 Å². The molecule has 0 fully saturated rings. The van der Waals surface area contributed by atoms with Gasteiger partial charge in [0, 0.05) is 19.8 Å². The number of halogens is 1. The third-order valence-corrected chi connectivity index (χ3v) is 2.25. The van der Waals surface area contributed by atoms with Crippen molar-refractivity contribution >= 4 is 11.6 Å². The molecule has 0 saturated heterocycles. The molecule has 1 aromatic heterocycles. The smallest absolute Gasteiger partial charge is 0.274 e. The van der Waals surface area contributed by atoms with Crippen LogP contribution in [0.4, 0.5) is 0 Å². The van der Waals surface area contributed by atoms with E-state index in [9.17, 15) is 10.1 Å². The second-order valence-electron chi connectivity index (χ2n) is 3.24. The van der Waals surface area contributed by atoms with Crippen LogP contribution in [0.5, 0.6) is 0 Å². The molecule has 92 valence electrons. The highest BCUT2D eigenvalue weighted by Gasteiger charge is 2.00. The van der Waals surface area contributed by atoms with Crippen LogP contribution < -0.4 is 10.6 Å². The number of aromatic nitrogens is 1. The molecule has 17 heavy (non-hydrogen) atoms. The Bertz CT molecular complexity index is 405. The highest BCUT2D eigenvalue weighted by atomic mass is 35.5. The van der Waals surface area contributed by atoms with Crippen molar-refractivity contribution < 1.29 is 4.92 Å². The van der Waals surface area contributed by atoms with Crippen molar-refractivity contribution in [2.45, 2.75) is 6.42 Å². The van der Waals surface area contributed by atoms with E-state index in [0.717, 1.165) is 11.8 Å². The van der Waals surface area contributed by atoms with E-state index < -0.39 is 4.92 Å². The van der Waals surface area contributed by atoms with Gasteiger partial charge >= 0.3 is 0 Å². The topological polar surface area (TPSA) is 80.1 Å². The minimum Gasteiger partial charge on any atom is -0.370 e. The van der Waals surface area contributed by atoms with Crippen molar-refractivity contribution in [2.75, 3.05) is 13.6 Å². The monoisotopic (exact) mass is 256 g/mol. The Hall–Kier alpha value is -1.82. The lowest BCUT2D eigenvalue weighted by Gasteiger charge is -2.07. The van der Waals surface area contributed by atoms with Crippen LogP contribution >= 0.6 is 11.6 Å². The third kappa shape index (κ3) is 5.17. The summed E-state index contributed by atoms with van der Waals surface area (Å²) in [7, 11) is 1.62. The molecule has 1 aromatic rings. The maximum Gasteiger partial charge on any atom is 0.274 e. The highest BCUT2D eigenvalue weighted by Crippen LogP contribution is 2.05. The first-order valence-electron chi connectivity index (χ1n) is 4.99. The molecule has 1 rings (SSSR count). The summed E-state index contributed by atoms with van der Waals surface area (Å²) in [6.45, 7) is 0.573. The molecule has 0 amide bonds. The molecule has 7 heteroatoms. The van der Waals surface area contributed by atoms with E-state index in [1.165, 1.54) is 0 Å². The van der Waals surface area contributed by atoms with E-state index in [2.05, 4.69) is 15.6 Å². The van der Waals surface area contributed by atoms with Crippen LogP contribution in [-0.4, -0.2) is 23.5 Å². The fourth-order valence-electron chi connectivity index (χ4n) is 1.20. The Morgan fingerprint density at radius 1 is 1.65 bits per heavy atom. The molecule has 0 aliphatic heterocycles. The maximum absolute atomic E-state index is 10.3. The van der Waals surface area contributed by atoms with E-state index >= 15 is 0 Å². The number of nitro groups is 1. The third-order valence-electron chi connectivity index (χ3n) is 2.02. The van der Waals surface area contributed by atoms with E-state index in [1.807, 2.05) is 6.07 Å². The number of rotatable bonds is 6. The molecule has 0 aliphatic rings. The first kappa shape index (κ1) is 13.2.